The number of esters is 1. The van der Waals surface area contributed by atoms with E-state index < -0.39 is 0 Å². The zero-order valence-corrected chi connectivity index (χ0v) is 13.4. The van der Waals surface area contributed by atoms with Crippen molar-refractivity contribution >= 4 is 12.3 Å². The molecule has 1 atom stereocenters. The van der Waals surface area contributed by atoms with Gasteiger partial charge in [-0.05, 0) is 25.7 Å². The van der Waals surface area contributed by atoms with Gasteiger partial charge in [-0.2, -0.15) is 0 Å². The zero-order valence-electron chi connectivity index (χ0n) is 13.4. The highest BCUT2D eigenvalue weighted by Crippen LogP contribution is 2.15. The Morgan fingerprint density at radius 2 is 1.70 bits per heavy atom. The Labute approximate surface area is 124 Å². The van der Waals surface area contributed by atoms with Crippen molar-refractivity contribution in [3.05, 3.63) is 0 Å². The Bertz CT molecular complexity index is 238. The van der Waals surface area contributed by atoms with Gasteiger partial charge < -0.3 is 9.53 Å². The summed E-state index contributed by atoms with van der Waals surface area (Å²) in [5, 5.41) is 0. The topological polar surface area (TPSA) is 43.4 Å². The summed E-state index contributed by atoms with van der Waals surface area (Å²) in [4.78, 5) is 22.0. The molecule has 0 rings (SSSR count). The molecule has 0 aliphatic heterocycles. The molecule has 0 aliphatic carbocycles. The first-order valence-corrected chi connectivity index (χ1v) is 8.36. The molecule has 1 unspecified atom stereocenters. The number of carbonyl (C=O) groups is 2. The summed E-state index contributed by atoms with van der Waals surface area (Å²) in [5.74, 6) is 0.0821. The van der Waals surface area contributed by atoms with E-state index in [9.17, 15) is 9.59 Å². The van der Waals surface area contributed by atoms with Crippen molar-refractivity contribution in [1.29, 1.82) is 0 Å². The molecule has 118 valence electrons. The van der Waals surface area contributed by atoms with Crippen molar-refractivity contribution in [2.75, 3.05) is 6.61 Å². The fourth-order valence-corrected chi connectivity index (χ4v) is 2.28. The third-order valence-electron chi connectivity index (χ3n) is 3.69. The summed E-state index contributed by atoms with van der Waals surface area (Å²) in [7, 11) is 0. The third kappa shape index (κ3) is 11.0. The predicted molar refractivity (Wildman–Crippen MR) is 82.6 cm³/mol. The van der Waals surface area contributed by atoms with Crippen molar-refractivity contribution in [3.63, 3.8) is 0 Å². The molecule has 0 amide bonds. The molecule has 20 heavy (non-hydrogen) atoms. The van der Waals surface area contributed by atoms with Crippen molar-refractivity contribution in [1.82, 2.24) is 0 Å². The predicted octanol–water partition coefficient (Wildman–Crippen LogP) is 4.68. The van der Waals surface area contributed by atoms with E-state index in [0.717, 1.165) is 57.7 Å². The maximum absolute atomic E-state index is 11.9. The zero-order chi connectivity index (χ0) is 15.1. The van der Waals surface area contributed by atoms with Gasteiger partial charge in [-0.15, -0.1) is 0 Å². The largest absolute Gasteiger partial charge is 0.465 e. The molecule has 3 heteroatoms. The van der Waals surface area contributed by atoms with Crippen LogP contribution in [0.2, 0.25) is 0 Å². The average Bonchev–Trinajstić information content (AvgIpc) is 2.46. The van der Waals surface area contributed by atoms with E-state index in [4.69, 9.17) is 4.74 Å². The highest BCUT2D eigenvalue weighted by Gasteiger charge is 2.16. The first kappa shape index (κ1) is 19.1. The Hall–Kier alpha value is -0.860. The minimum atomic E-state index is -0.00967. The number of hydrogen-bond donors (Lipinski definition) is 0. The fraction of sp³-hybridized carbons (Fsp3) is 0.882. The van der Waals surface area contributed by atoms with Crippen LogP contribution in [-0.2, 0) is 14.3 Å². The number of ether oxygens (including phenoxy) is 1. The molecular weight excluding hydrogens is 252 g/mol. The molecule has 0 saturated heterocycles. The van der Waals surface area contributed by atoms with Crippen molar-refractivity contribution in [3.8, 4) is 0 Å². The molecule has 0 aliphatic rings. The number of hydrogen-bond acceptors (Lipinski definition) is 3. The van der Waals surface area contributed by atoms with Crippen LogP contribution in [-0.4, -0.2) is 18.9 Å². The minimum absolute atomic E-state index is 0.00967. The van der Waals surface area contributed by atoms with Crippen LogP contribution in [0.1, 0.15) is 84.5 Å². The first-order chi connectivity index (χ1) is 9.76. The monoisotopic (exact) mass is 284 g/mol. The van der Waals surface area contributed by atoms with Crippen LogP contribution in [0, 0.1) is 5.92 Å². The summed E-state index contributed by atoms with van der Waals surface area (Å²) in [6.45, 7) is 4.79. The van der Waals surface area contributed by atoms with Gasteiger partial charge in [0.15, 0.2) is 0 Å². The number of unbranched alkanes of at least 4 members (excludes halogenated alkanes) is 7. The Morgan fingerprint density at radius 3 is 2.35 bits per heavy atom. The van der Waals surface area contributed by atoms with Crippen molar-refractivity contribution in [2.45, 2.75) is 84.5 Å². The SMILES string of the molecule is CCCCCC(CC)C(=O)OCCCCCCCC=O. The van der Waals surface area contributed by atoms with Gasteiger partial charge in [-0.3, -0.25) is 4.79 Å². The van der Waals surface area contributed by atoms with E-state index in [0.29, 0.717) is 13.0 Å². The standard InChI is InChI=1S/C17H32O3/c1-3-5-10-13-16(4-2)17(19)20-15-12-9-7-6-8-11-14-18/h14,16H,3-13,15H2,1-2H3. The summed E-state index contributed by atoms with van der Waals surface area (Å²) in [6.07, 6.45) is 12.2. The second-order valence-electron chi connectivity index (χ2n) is 5.49. The highest BCUT2D eigenvalue weighted by atomic mass is 16.5. The quantitative estimate of drug-likeness (QED) is 0.264. The molecular formula is C17H32O3. The summed E-state index contributed by atoms with van der Waals surface area (Å²) in [5.41, 5.74) is 0. The Kier molecular flexibility index (Phi) is 13.9. The fourth-order valence-electron chi connectivity index (χ4n) is 2.28. The summed E-state index contributed by atoms with van der Waals surface area (Å²) >= 11 is 0. The van der Waals surface area contributed by atoms with Crippen LogP contribution in [0.4, 0.5) is 0 Å². The first-order valence-electron chi connectivity index (χ1n) is 8.36. The lowest BCUT2D eigenvalue weighted by atomic mass is 9.99. The molecule has 0 aromatic carbocycles. The Morgan fingerprint density at radius 1 is 1.00 bits per heavy atom. The summed E-state index contributed by atoms with van der Waals surface area (Å²) < 4.78 is 5.36. The van der Waals surface area contributed by atoms with Gasteiger partial charge >= 0.3 is 5.97 Å². The molecule has 0 fully saturated rings. The van der Waals surface area contributed by atoms with Gasteiger partial charge in [-0.1, -0.05) is 52.4 Å². The lowest BCUT2D eigenvalue weighted by Gasteiger charge is -2.13. The number of carbonyl (C=O) groups excluding carboxylic acids is 2. The van der Waals surface area contributed by atoms with E-state index in [1.165, 1.54) is 12.8 Å². The van der Waals surface area contributed by atoms with E-state index in [-0.39, 0.29) is 11.9 Å². The van der Waals surface area contributed by atoms with Crippen molar-refractivity contribution < 1.29 is 14.3 Å². The maximum atomic E-state index is 11.9. The average molecular weight is 284 g/mol. The molecule has 0 aromatic rings. The van der Waals surface area contributed by atoms with Crippen LogP contribution < -0.4 is 0 Å². The van der Waals surface area contributed by atoms with Gasteiger partial charge in [0.2, 0.25) is 0 Å². The second kappa shape index (κ2) is 14.5. The maximum Gasteiger partial charge on any atom is 0.308 e. The van der Waals surface area contributed by atoms with Gasteiger partial charge in [0.25, 0.3) is 0 Å². The van der Waals surface area contributed by atoms with Crippen LogP contribution in [0.3, 0.4) is 0 Å². The molecule has 0 aromatic heterocycles. The van der Waals surface area contributed by atoms with E-state index >= 15 is 0 Å². The lowest BCUT2D eigenvalue weighted by Crippen LogP contribution is -2.17. The lowest BCUT2D eigenvalue weighted by molar-refractivity contribution is -0.149. The highest BCUT2D eigenvalue weighted by molar-refractivity contribution is 5.72. The van der Waals surface area contributed by atoms with Gasteiger partial charge in [-0.25, -0.2) is 0 Å². The summed E-state index contributed by atoms with van der Waals surface area (Å²) in [6, 6.07) is 0. The normalized spacial score (nSPS) is 12.1. The van der Waals surface area contributed by atoms with Gasteiger partial charge in [0.05, 0.1) is 12.5 Å². The van der Waals surface area contributed by atoms with E-state index in [1.54, 1.807) is 0 Å². The number of rotatable bonds is 14. The molecule has 0 radical (unpaired) electrons. The van der Waals surface area contributed by atoms with E-state index in [2.05, 4.69) is 13.8 Å². The molecule has 0 N–H and O–H groups in total. The van der Waals surface area contributed by atoms with Crippen LogP contribution in [0.5, 0.6) is 0 Å². The molecule has 3 nitrogen and oxygen atoms in total. The number of aldehydes is 1. The van der Waals surface area contributed by atoms with Crippen LogP contribution >= 0.6 is 0 Å². The minimum Gasteiger partial charge on any atom is -0.465 e. The van der Waals surface area contributed by atoms with Crippen LogP contribution in [0.15, 0.2) is 0 Å². The molecule has 0 bridgehead atoms. The Balaban J connectivity index is 3.51. The second-order valence-corrected chi connectivity index (χ2v) is 5.49. The van der Waals surface area contributed by atoms with Gasteiger partial charge in [0.1, 0.15) is 6.29 Å². The smallest absolute Gasteiger partial charge is 0.308 e. The van der Waals surface area contributed by atoms with E-state index in [1.807, 2.05) is 0 Å². The van der Waals surface area contributed by atoms with Gasteiger partial charge in [0, 0.05) is 6.42 Å². The molecule has 0 heterocycles. The van der Waals surface area contributed by atoms with Crippen molar-refractivity contribution in [2.24, 2.45) is 5.92 Å². The molecule has 0 saturated carbocycles. The molecule has 0 spiro atoms. The van der Waals surface area contributed by atoms with Crippen LogP contribution in [0.25, 0.3) is 0 Å². The third-order valence-corrected chi connectivity index (χ3v) is 3.69.